The lowest BCUT2D eigenvalue weighted by Gasteiger charge is -2.20. The van der Waals surface area contributed by atoms with Crippen LogP contribution in [0.15, 0.2) is 36.9 Å². The minimum atomic E-state index is -1.12. The highest BCUT2D eigenvalue weighted by Gasteiger charge is 2.31. The maximum Gasteiger partial charge on any atom is 0.189 e. The lowest BCUT2D eigenvalue weighted by Crippen LogP contribution is -2.29. The smallest absolute Gasteiger partial charge is 0.189 e. The molecule has 2 rings (SSSR count). The van der Waals surface area contributed by atoms with Crippen LogP contribution in [-0.4, -0.2) is 27.2 Å². The second-order valence-corrected chi connectivity index (χ2v) is 5.70. The molecule has 0 fully saturated rings. The Morgan fingerprint density at radius 2 is 2.05 bits per heavy atom. The Bertz CT molecular complexity index is 648. The zero-order valence-corrected chi connectivity index (χ0v) is 12.5. The summed E-state index contributed by atoms with van der Waals surface area (Å²) in [6, 6.07) is 6.98. The number of allylic oxidation sites excluding steroid dienone is 1. The molecule has 1 aromatic carbocycles. The monoisotopic (exact) mass is 307 g/mol. The van der Waals surface area contributed by atoms with Crippen molar-refractivity contribution in [2.45, 2.75) is 13.8 Å². The molecule has 0 saturated carbocycles. The van der Waals surface area contributed by atoms with E-state index in [0.717, 1.165) is 5.56 Å². The minimum absolute atomic E-state index is 0.262. The number of hydrogen-bond donors (Lipinski definition) is 0. The standard InChI is InChI=1S/C15H15ClFN3O/c1-15(2,8-17)14(21)13(20-10-18-9-19-20)7-11-3-5-12(16)6-4-11/h3-7,9-10H,8H2,1-2H3/b13-7-. The zero-order chi connectivity index (χ0) is 15.5. The summed E-state index contributed by atoms with van der Waals surface area (Å²) in [6.45, 7) is 2.36. The van der Waals surface area contributed by atoms with Crippen LogP contribution in [0.25, 0.3) is 11.8 Å². The van der Waals surface area contributed by atoms with E-state index in [1.807, 2.05) is 0 Å². The van der Waals surface area contributed by atoms with Crippen LogP contribution in [0.3, 0.4) is 0 Å². The second kappa shape index (κ2) is 6.18. The van der Waals surface area contributed by atoms with E-state index in [2.05, 4.69) is 10.1 Å². The number of benzene rings is 1. The molecule has 0 atom stereocenters. The molecule has 0 aliphatic carbocycles. The summed E-state index contributed by atoms with van der Waals surface area (Å²) in [5.74, 6) is -0.342. The molecule has 0 unspecified atom stereocenters. The van der Waals surface area contributed by atoms with Crippen molar-refractivity contribution < 1.29 is 9.18 Å². The third kappa shape index (κ3) is 3.55. The molecule has 0 aliphatic heterocycles. The van der Waals surface area contributed by atoms with Crippen molar-refractivity contribution in [3.63, 3.8) is 0 Å². The topological polar surface area (TPSA) is 47.8 Å². The third-order valence-electron chi connectivity index (χ3n) is 3.02. The number of carbonyl (C=O) groups is 1. The largest absolute Gasteiger partial charge is 0.292 e. The molecule has 0 saturated heterocycles. The van der Waals surface area contributed by atoms with E-state index >= 15 is 0 Å². The SMILES string of the molecule is CC(C)(CF)C(=O)/C(=C/c1ccc(Cl)cc1)n1cncn1. The molecule has 6 heteroatoms. The number of Topliss-reactive ketones (excluding diaryl/α,β-unsaturated/α-hetero) is 1. The van der Waals surface area contributed by atoms with Crippen LogP contribution < -0.4 is 0 Å². The van der Waals surface area contributed by atoms with Gasteiger partial charge in [0.2, 0.25) is 0 Å². The van der Waals surface area contributed by atoms with Gasteiger partial charge in [-0.05, 0) is 37.6 Å². The van der Waals surface area contributed by atoms with Crippen LogP contribution in [0.4, 0.5) is 4.39 Å². The Morgan fingerprint density at radius 3 is 2.57 bits per heavy atom. The molecule has 0 radical (unpaired) electrons. The Kier molecular flexibility index (Phi) is 4.53. The zero-order valence-electron chi connectivity index (χ0n) is 11.8. The average Bonchev–Trinajstić information content (AvgIpc) is 3.00. The average molecular weight is 308 g/mol. The molecule has 4 nitrogen and oxygen atoms in total. The van der Waals surface area contributed by atoms with E-state index in [0.29, 0.717) is 5.02 Å². The first-order valence-electron chi connectivity index (χ1n) is 6.37. The van der Waals surface area contributed by atoms with Crippen molar-refractivity contribution in [3.05, 3.63) is 47.5 Å². The molecule has 110 valence electrons. The van der Waals surface area contributed by atoms with Gasteiger partial charge in [-0.25, -0.2) is 9.67 Å². The highest BCUT2D eigenvalue weighted by molar-refractivity contribution is 6.30. The van der Waals surface area contributed by atoms with Gasteiger partial charge in [-0.2, -0.15) is 5.10 Å². The molecule has 2 aromatic rings. The van der Waals surface area contributed by atoms with Crippen molar-refractivity contribution in [1.29, 1.82) is 0 Å². The number of nitrogens with zero attached hydrogens (tertiary/aromatic N) is 3. The van der Waals surface area contributed by atoms with E-state index in [1.54, 1.807) is 44.2 Å². The minimum Gasteiger partial charge on any atom is -0.292 e. The first-order chi connectivity index (χ1) is 9.94. The van der Waals surface area contributed by atoms with Crippen LogP contribution in [-0.2, 0) is 4.79 Å². The fraction of sp³-hybridized carbons (Fsp3) is 0.267. The number of rotatable bonds is 5. The fourth-order valence-corrected chi connectivity index (χ4v) is 1.82. The van der Waals surface area contributed by atoms with Gasteiger partial charge >= 0.3 is 0 Å². The Hall–Kier alpha value is -2.01. The second-order valence-electron chi connectivity index (χ2n) is 5.27. The molecular formula is C15H15ClFN3O. The van der Waals surface area contributed by atoms with E-state index in [4.69, 9.17) is 11.6 Å². The summed E-state index contributed by atoms with van der Waals surface area (Å²) < 4.78 is 14.4. The highest BCUT2D eigenvalue weighted by atomic mass is 35.5. The van der Waals surface area contributed by atoms with Crippen LogP contribution in [0.5, 0.6) is 0 Å². The number of halogens is 2. The predicted octanol–water partition coefficient (Wildman–Crippen LogP) is 3.49. The number of alkyl halides is 1. The highest BCUT2D eigenvalue weighted by Crippen LogP contribution is 2.25. The number of carbonyl (C=O) groups excluding carboxylic acids is 1. The number of hydrogen-bond acceptors (Lipinski definition) is 3. The summed E-state index contributed by atoms with van der Waals surface area (Å²) in [7, 11) is 0. The molecule has 1 heterocycles. The van der Waals surface area contributed by atoms with Crippen molar-refractivity contribution >= 4 is 29.2 Å². The molecule has 0 amide bonds. The third-order valence-corrected chi connectivity index (χ3v) is 3.27. The Labute approximate surface area is 127 Å². The molecule has 21 heavy (non-hydrogen) atoms. The van der Waals surface area contributed by atoms with Crippen LogP contribution in [0.2, 0.25) is 5.02 Å². The Balaban J connectivity index is 2.47. The fourth-order valence-electron chi connectivity index (χ4n) is 1.69. The van der Waals surface area contributed by atoms with Gasteiger partial charge in [-0.15, -0.1) is 0 Å². The van der Waals surface area contributed by atoms with Crippen molar-refractivity contribution in [1.82, 2.24) is 14.8 Å². The van der Waals surface area contributed by atoms with Gasteiger partial charge < -0.3 is 0 Å². The van der Waals surface area contributed by atoms with Crippen molar-refractivity contribution in [2.75, 3.05) is 6.67 Å². The lowest BCUT2D eigenvalue weighted by molar-refractivity contribution is -0.122. The molecule has 1 aromatic heterocycles. The normalized spacial score (nSPS) is 12.5. The Morgan fingerprint density at radius 1 is 1.38 bits per heavy atom. The summed E-state index contributed by atoms with van der Waals surface area (Å²) >= 11 is 5.84. The molecule has 0 bridgehead atoms. The summed E-state index contributed by atoms with van der Waals surface area (Å²) in [6.07, 6.45) is 4.38. The molecule has 0 N–H and O–H groups in total. The van der Waals surface area contributed by atoms with Gasteiger partial charge in [0.05, 0.1) is 5.41 Å². The number of aromatic nitrogens is 3. The maximum atomic E-state index is 13.1. The molecule has 0 spiro atoms. The molecule has 0 aliphatic rings. The van der Waals surface area contributed by atoms with Crippen molar-refractivity contribution in [3.8, 4) is 0 Å². The van der Waals surface area contributed by atoms with Crippen LogP contribution >= 0.6 is 11.6 Å². The van der Waals surface area contributed by atoms with Crippen LogP contribution in [0, 0.1) is 5.41 Å². The van der Waals surface area contributed by atoms with Gasteiger partial charge in [0, 0.05) is 5.02 Å². The summed E-state index contributed by atoms with van der Waals surface area (Å²) in [5, 5.41) is 4.57. The summed E-state index contributed by atoms with van der Waals surface area (Å²) in [5.41, 5.74) is -0.0881. The van der Waals surface area contributed by atoms with Crippen LogP contribution in [0.1, 0.15) is 19.4 Å². The van der Waals surface area contributed by atoms with Gasteiger partial charge in [0.25, 0.3) is 0 Å². The van der Waals surface area contributed by atoms with E-state index in [1.165, 1.54) is 17.3 Å². The number of ketones is 1. The van der Waals surface area contributed by atoms with Gasteiger partial charge in [0.1, 0.15) is 25.0 Å². The van der Waals surface area contributed by atoms with Gasteiger partial charge in [0.15, 0.2) is 5.78 Å². The van der Waals surface area contributed by atoms with E-state index in [9.17, 15) is 9.18 Å². The molecular weight excluding hydrogens is 293 g/mol. The summed E-state index contributed by atoms with van der Waals surface area (Å²) in [4.78, 5) is 16.4. The predicted molar refractivity (Wildman–Crippen MR) is 80.4 cm³/mol. The van der Waals surface area contributed by atoms with Gasteiger partial charge in [-0.3, -0.25) is 9.18 Å². The first kappa shape index (κ1) is 15.4. The first-order valence-corrected chi connectivity index (χ1v) is 6.75. The van der Waals surface area contributed by atoms with E-state index in [-0.39, 0.29) is 11.5 Å². The van der Waals surface area contributed by atoms with Gasteiger partial charge in [-0.1, -0.05) is 23.7 Å². The van der Waals surface area contributed by atoms with Crippen molar-refractivity contribution in [2.24, 2.45) is 5.41 Å². The lowest BCUT2D eigenvalue weighted by atomic mass is 9.87. The van der Waals surface area contributed by atoms with E-state index < -0.39 is 12.1 Å². The maximum absolute atomic E-state index is 13.1. The quantitative estimate of drug-likeness (QED) is 0.794.